The largest absolute Gasteiger partial charge is 0.379 e. The van der Waals surface area contributed by atoms with Crippen LogP contribution in [0.5, 0.6) is 0 Å². The SMILES string of the molecule is CSc1c(C(C(=O)NCCCOC(C)C)N(CCc2ccsc2)C(C)=O)c2ccccc2n1C. The number of aryl methyl sites for hydroxylation is 1. The van der Waals surface area contributed by atoms with E-state index >= 15 is 0 Å². The van der Waals surface area contributed by atoms with Crippen LogP contribution >= 0.6 is 23.1 Å². The normalized spacial score (nSPS) is 12.3. The zero-order valence-electron chi connectivity index (χ0n) is 20.7. The van der Waals surface area contributed by atoms with Crippen LogP contribution in [0.25, 0.3) is 10.9 Å². The summed E-state index contributed by atoms with van der Waals surface area (Å²) in [5.41, 5.74) is 3.11. The maximum Gasteiger partial charge on any atom is 0.247 e. The monoisotopic (exact) mass is 501 g/mol. The molecule has 2 heterocycles. The Morgan fingerprint density at radius 2 is 2.00 bits per heavy atom. The minimum atomic E-state index is -0.712. The first-order chi connectivity index (χ1) is 16.3. The number of nitrogens with one attached hydrogen (secondary N) is 1. The highest BCUT2D eigenvalue weighted by Crippen LogP contribution is 2.38. The van der Waals surface area contributed by atoms with Gasteiger partial charge in [-0.2, -0.15) is 11.3 Å². The maximum absolute atomic E-state index is 13.7. The Hall–Kier alpha value is -2.29. The van der Waals surface area contributed by atoms with Crippen LogP contribution in [-0.4, -0.2) is 53.3 Å². The molecule has 0 saturated heterocycles. The zero-order valence-corrected chi connectivity index (χ0v) is 22.3. The topological polar surface area (TPSA) is 63.6 Å². The van der Waals surface area contributed by atoms with Gasteiger partial charge in [0.2, 0.25) is 11.8 Å². The molecule has 1 unspecified atom stereocenters. The average molecular weight is 502 g/mol. The molecule has 0 bridgehead atoms. The Balaban J connectivity index is 1.97. The van der Waals surface area contributed by atoms with E-state index in [-0.39, 0.29) is 17.9 Å². The van der Waals surface area contributed by atoms with E-state index in [2.05, 4.69) is 27.4 Å². The molecule has 184 valence electrons. The zero-order chi connectivity index (χ0) is 24.7. The van der Waals surface area contributed by atoms with Crippen molar-refractivity contribution in [2.45, 2.75) is 50.8 Å². The molecule has 1 atom stereocenters. The third kappa shape index (κ3) is 6.23. The van der Waals surface area contributed by atoms with Gasteiger partial charge < -0.3 is 19.5 Å². The summed E-state index contributed by atoms with van der Waals surface area (Å²) < 4.78 is 7.72. The second-order valence-electron chi connectivity index (χ2n) is 8.56. The number of carbonyl (C=O) groups excluding carboxylic acids is 2. The van der Waals surface area contributed by atoms with Gasteiger partial charge in [-0.25, -0.2) is 0 Å². The molecular weight excluding hydrogens is 466 g/mol. The van der Waals surface area contributed by atoms with E-state index in [1.54, 1.807) is 34.9 Å². The molecular formula is C26H35N3O3S2. The summed E-state index contributed by atoms with van der Waals surface area (Å²) in [7, 11) is 2.01. The first-order valence-electron chi connectivity index (χ1n) is 11.6. The van der Waals surface area contributed by atoms with Gasteiger partial charge in [-0.15, -0.1) is 11.8 Å². The fourth-order valence-electron chi connectivity index (χ4n) is 4.19. The van der Waals surface area contributed by atoms with Gasteiger partial charge in [-0.3, -0.25) is 9.59 Å². The van der Waals surface area contributed by atoms with E-state index < -0.39 is 6.04 Å². The summed E-state index contributed by atoms with van der Waals surface area (Å²) in [5, 5.41) is 9.20. The number of para-hydroxylation sites is 1. The smallest absolute Gasteiger partial charge is 0.247 e. The van der Waals surface area contributed by atoms with Gasteiger partial charge in [-0.1, -0.05) is 18.2 Å². The highest BCUT2D eigenvalue weighted by Gasteiger charge is 2.34. The lowest BCUT2D eigenvalue weighted by molar-refractivity contribution is -0.139. The van der Waals surface area contributed by atoms with Crippen molar-refractivity contribution in [1.29, 1.82) is 0 Å². The van der Waals surface area contributed by atoms with E-state index in [0.29, 0.717) is 26.1 Å². The number of thiophene rings is 1. The minimum absolute atomic E-state index is 0.112. The van der Waals surface area contributed by atoms with Crippen LogP contribution in [0.15, 0.2) is 46.1 Å². The van der Waals surface area contributed by atoms with Crippen molar-refractivity contribution in [2.75, 3.05) is 26.0 Å². The van der Waals surface area contributed by atoms with Crippen molar-refractivity contribution in [3.8, 4) is 0 Å². The van der Waals surface area contributed by atoms with Gasteiger partial charge in [0.25, 0.3) is 0 Å². The van der Waals surface area contributed by atoms with Crippen molar-refractivity contribution in [1.82, 2.24) is 14.8 Å². The molecule has 0 aliphatic heterocycles. The van der Waals surface area contributed by atoms with E-state index in [0.717, 1.165) is 27.9 Å². The van der Waals surface area contributed by atoms with Crippen LogP contribution in [-0.2, 0) is 27.8 Å². The fourth-order valence-corrected chi connectivity index (χ4v) is 5.71. The predicted octanol–water partition coefficient (Wildman–Crippen LogP) is 5.03. The maximum atomic E-state index is 13.7. The van der Waals surface area contributed by atoms with Crippen LogP contribution in [0.1, 0.15) is 44.4 Å². The summed E-state index contributed by atoms with van der Waals surface area (Å²) in [5.74, 6) is -0.268. The third-order valence-corrected chi connectivity index (χ3v) is 7.43. The molecule has 6 nitrogen and oxygen atoms in total. The number of fused-ring (bicyclic) bond motifs is 1. The van der Waals surface area contributed by atoms with E-state index in [4.69, 9.17) is 4.74 Å². The molecule has 0 saturated carbocycles. The summed E-state index contributed by atoms with van der Waals surface area (Å²) >= 11 is 3.24. The molecule has 0 radical (unpaired) electrons. The van der Waals surface area contributed by atoms with Crippen molar-refractivity contribution < 1.29 is 14.3 Å². The van der Waals surface area contributed by atoms with E-state index in [1.165, 1.54) is 5.56 Å². The number of amides is 2. The first kappa shape index (κ1) is 26.3. The summed E-state index contributed by atoms with van der Waals surface area (Å²) in [4.78, 5) is 28.4. The lowest BCUT2D eigenvalue weighted by Gasteiger charge is -2.31. The number of ether oxygens (including phenoxy) is 1. The highest BCUT2D eigenvalue weighted by molar-refractivity contribution is 7.98. The number of hydrogen-bond acceptors (Lipinski definition) is 5. The van der Waals surface area contributed by atoms with E-state index in [1.807, 2.05) is 50.7 Å². The molecule has 3 rings (SSSR count). The van der Waals surface area contributed by atoms with Crippen LogP contribution in [0, 0.1) is 0 Å². The van der Waals surface area contributed by atoms with Gasteiger partial charge in [0, 0.05) is 50.1 Å². The molecule has 2 aromatic heterocycles. The fraction of sp³-hybridized carbons (Fsp3) is 0.462. The van der Waals surface area contributed by atoms with E-state index in [9.17, 15) is 9.59 Å². The van der Waals surface area contributed by atoms with Crippen LogP contribution < -0.4 is 5.32 Å². The van der Waals surface area contributed by atoms with Crippen molar-refractivity contribution in [2.24, 2.45) is 7.05 Å². The second kappa shape index (κ2) is 12.4. The summed E-state index contributed by atoms with van der Waals surface area (Å²) in [6, 6.07) is 9.43. The second-order valence-corrected chi connectivity index (χ2v) is 10.1. The average Bonchev–Trinajstić information content (AvgIpc) is 3.42. The number of rotatable bonds is 12. The summed E-state index contributed by atoms with van der Waals surface area (Å²) in [6.45, 7) is 7.10. The molecule has 2 amide bonds. The standard InChI is InChI=1S/C26H35N3O3S2/c1-18(2)32-15-8-13-27-25(31)24(29(19(3)30)14-11-20-12-16-34-17-20)23-21-9-6-7-10-22(21)28(4)26(23)33-5/h6-7,9-10,12,16-18,24H,8,11,13-15H2,1-5H3,(H,27,31). The number of thioether (sulfide) groups is 1. The molecule has 1 aromatic carbocycles. The lowest BCUT2D eigenvalue weighted by Crippen LogP contribution is -2.44. The van der Waals surface area contributed by atoms with Gasteiger partial charge in [0.1, 0.15) is 6.04 Å². The quantitative estimate of drug-likeness (QED) is 0.279. The predicted molar refractivity (Wildman–Crippen MR) is 142 cm³/mol. The van der Waals surface area contributed by atoms with Crippen LogP contribution in [0.4, 0.5) is 0 Å². The Bertz CT molecular complexity index is 1090. The molecule has 3 aromatic rings. The van der Waals surface area contributed by atoms with Gasteiger partial charge in [0.05, 0.1) is 11.1 Å². The van der Waals surface area contributed by atoms with Crippen molar-refractivity contribution >= 4 is 45.8 Å². The number of aromatic nitrogens is 1. The van der Waals surface area contributed by atoms with Gasteiger partial charge >= 0.3 is 0 Å². The van der Waals surface area contributed by atoms with Crippen LogP contribution in [0.2, 0.25) is 0 Å². The number of hydrogen-bond donors (Lipinski definition) is 1. The third-order valence-electron chi connectivity index (χ3n) is 5.81. The number of benzene rings is 1. The molecule has 0 fully saturated rings. The first-order valence-corrected chi connectivity index (χ1v) is 13.8. The lowest BCUT2D eigenvalue weighted by atomic mass is 10.0. The van der Waals surface area contributed by atoms with Crippen LogP contribution in [0.3, 0.4) is 0 Å². The Morgan fingerprint density at radius 1 is 1.24 bits per heavy atom. The van der Waals surface area contributed by atoms with Crippen molar-refractivity contribution in [3.63, 3.8) is 0 Å². The Morgan fingerprint density at radius 3 is 2.65 bits per heavy atom. The molecule has 0 aliphatic rings. The highest BCUT2D eigenvalue weighted by atomic mass is 32.2. The molecule has 0 spiro atoms. The molecule has 8 heteroatoms. The van der Waals surface area contributed by atoms with Gasteiger partial charge in [0.15, 0.2) is 0 Å². The number of nitrogens with zero attached hydrogens (tertiary/aromatic N) is 2. The Labute approximate surface area is 210 Å². The Kier molecular flexibility index (Phi) is 9.62. The minimum Gasteiger partial charge on any atom is -0.379 e. The molecule has 34 heavy (non-hydrogen) atoms. The summed E-state index contributed by atoms with van der Waals surface area (Å²) in [6.07, 6.45) is 3.60. The number of carbonyl (C=O) groups is 2. The molecule has 1 N–H and O–H groups in total. The van der Waals surface area contributed by atoms with Gasteiger partial charge in [-0.05, 0) is 61.4 Å². The van der Waals surface area contributed by atoms with Crippen molar-refractivity contribution in [3.05, 3.63) is 52.2 Å². The molecule has 0 aliphatic carbocycles.